The Hall–Kier alpha value is -3.28. The number of hydrogen-bond donors (Lipinski definition) is 2. The predicted octanol–water partition coefficient (Wildman–Crippen LogP) is 3.82. The van der Waals surface area contributed by atoms with Gasteiger partial charge in [-0.05, 0) is 31.4 Å². The first kappa shape index (κ1) is 23.1. The van der Waals surface area contributed by atoms with Gasteiger partial charge < -0.3 is 24.6 Å². The molecule has 2 N–H and O–H groups in total. The SMILES string of the molecule is CC(c1csc2c(N3CCOC[C@H]3C)nc(-c3ccnc4[nH]ccc34)nc12)N1CCN(C(=O)O)CC1. The second kappa shape index (κ2) is 9.30. The molecule has 6 rings (SSSR count). The maximum atomic E-state index is 11.4. The number of aromatic amines is 1. The number of morpholine rings is 1. The first-order valence-corrected chi connectivity index (χ1v) is 13.2. The maximum Gasteiger partial charge on any atom is 0.407 e. The number of fused-ring (bicyclic) bond motifs is 2. The van der Waals surface area contributed by atoms with Crippen molar-refractivity contribution in [3.05, 3.63) is 35.5 Å². The number of thiophene rings is 1. The molecule has 36 heavy (non-hydrogen) atoms. The second-order valence-corrected chi connectivity index (χ2v) is 10.3. The molecule has 2 saturated heterocycles. The van der Waals surface area contributed by atoms with Crippen molar-refractivity contribution in [2.45, 2.75) is 25.9 Å². The molecule has 2 atom stereocenters. The summed E-state index contributed by atoms with van der Waals surface area (Å²) < 4.78 is 6.79. The van der Waals surface area contributed by atoms with E-state index >= 15 is 0 Å². The van der Waals surface area contributed by atoms with Gasteiger partial charge in [0, 0.05) is 67.7 Å². The molecule has 2 aliphatic heterocycles. The summed E-state index contributed by atoms with van der Waals surface area (Å²) in [6, 6.07) is 4.31. The van der Waals surface area contributed by atoms with E-state index in [0.717, 1.165) is 44.7 Å². The number of amides is 1. The number of rotatable bonds is 4. The van der Waals surface area contributed by atoms with Crippen LogP contribution in [-0.2, 0) is 4.74 Å². The van der Waals surface area contributed by atoms with E-state index in [9.17, 15) is 9.90 Å². The third-order valence-corrected chi connectivity index (χ3v) is 8.33. The van der Waals surface area contributed by atoms with Crippen LogP contribution >= 0.6 is 11.3 Å². The van der Waals surface area contributed by atoms with Crippen LogP contribution < -0.4 is 4.90 Å². The zero-order chi connectivity index (χ0) is 24.8. The van der Waals surface area contributed by atoms with Crippen molar-refractivity contribution >= 4 is 44.5 Å². The van der Waals surface area contributed by atoms with Crippen LogP contribution in [0.3, 0.4) is 0 Å². The standard InChI is InChI=1S/C25H29N7O3S/c1-15-13-35-12-11-32(15)24-21-20(28-23(29-24)18-4-6-27-22-17(18)3-5-26-22)19(14-36-21)16(2)30-7-9-31(10-8-30)25(33)34/h3-6,14-16H,7-13H2,1-2H3,(H,26,27)(H,33,34)/t15-,16?/m1/s1. The van der Waals surface area contributed by atoms with Crippen molar-refractivity contribution in [2.24, 2.45) is 0 Å². The van der Waals surface area contributed by atoms with E-state index in [1.165, 1.54) is 4.90 Å². The van der Waals surface area contributed by atoms with E-state index in [1.807, 2.05) is 18.3 Å². The molecule has 2 fully saturated rings. The number of aromatic nitrogens is 4. The zero-order valence-electron chi connectivity index (χ0n) is 20.3. The summed E-state index contributed by atoms with van der Waals surface area (Å²) in [4.78, 5) is 35.4. The quantitative estimate of drug-likeness (QED) is 0.429. The maximum absolute atomic E-state index is 11.4. The van der Waals surface area contributed by atoms with Gasteiger partial charge in [-0.25, -0.2) is 19.7 Å². The summed E-state index contributed by atoms with van der Waals surface area (Å²) >= 11 is 1.69. The molecule has 11 heteroatoms. The lowest BCUT2D eigenvalue weighted by molar-refractivity contribution is 0.0892. The number of anilines is 1. The topological polar surface area (TPSA) is 111 Å². The minimum Gasteiger partial charge on any atom is -0.465 e. The molecule has 0 aliphatic carbocycles. The van der Waals surface area contributed by atoms with Crippen LogP contribution in [-0.4, -0.2) is 92.9 Å². The van der Waals surface area contributed by atoms with Gasteiger partial charge in [0.05, 0.1) is 29.5 Å². The normalized spacial score (nSPS) is 20.3. The number of carbonyl (C=O) groups is 1. The average Bonchev–Trinajstić information content (AvgIpc) is 3.55. The molecular formula is C25H29N7O3S. The Morgan fingerprint density at radius 1 is 1.22 bits per heavy atom. The summed E-state index contributed by atoms with van der Waals surface area (Å²) in [6.45, 7) is 8.90. The highest BCUT2D eigenvalue weighted by Crippen LogP contribution is 2.39. The Kier molecular flexibility index (Phi) is 5.98. The van der Waals surface area contributed by atoms with E-state index < -0.39 is 6.09 Å². The highest BCUT2D eigenvalue weighted by atomic mass is 32.1. The molecule has 188 valence electrons. The van der Waals surface area contributed by atoms with Crippen molar-refractivity contribution in [2.75, 3.05) is 50.8 Å². The van der Waals surface area contributed by atoms with E-state index in [4.69, 9.17) is 14.7 Å². The number of H-pyrrole nitrogens is 1. The number of carboxylic acid groups (broad SMARTS) is 1. The van der Waals surface area contributed by atoms with Crippen LogP contribution in [0.15, 0.2) is 29.9 Å². The highest BCUT2D eigenvalue weighted by molar-refractivity contribution is 7.18. The van der Waals surface area contributed by atoms with E-state index in [2.05, 4.69) is 39.0 Å². The zero-order valence-corrected chi connectivity index (χ0v) is 21.2. The molecule has 6 heterocycles. The third kappa shape index (κ3) is 3.97. The molecule has 0 spiro atoms. The van der Waals surface area contributed by atoms with Crippen molar-refractivity contribution in [1.29, 1.82) is 0 Å². The van der Waals surface area contributed by atoms with E-state index in [-0.39, 0.29) is 12.1 Å². The number of ether oxygens (including phenoxy) is 1. The van der Waals surface area contributed by atoms with Crippen molar-refractivity contribution in [3.63, 3.8) is 0 Å². The lowest BCUT2D eigenvalue weighted by Crippen LogP contribution is -2.48. The monoisotopic (exact) mass is 507 g/mol. The van der Waals surface area contributed by atoms with Gasteiger partial charge in [-0.3, -0.25) is 4.90 Å². The molecule has 0 bridgehead atoms. The van der Waals surface area contributed by atoms with E-state index in [1.54, 1.807) is 17.5 Å². The Bertz CT molecular complexity index is 1410. The lowest BCUT2D eigenvalue weighted by atomic mass is 10.1. The number of piperazine rings is 1. The first-order chi connectivity index (χ1) is 17.5. The molecule has 1 unspecified atom stereocenters. The number of nitrogens with one attached hydrogen (secondary N) is 1. The fourth-order valence-electron chi connectivity index (χ4n) is 5.23. The average molecular weight is 508 g/mol. The molecule has 4 aromatic rings. The number of hydrogen-bond acceptors (Lipinski definition) is 8. The van der Waals surface area contributed by atoms with Gasteiger partial charge >= 0.3 is 6.09 Å². The van der Waals surface area contributed by atoms with Crippen LogP contribution in [0.5, 0.6) is 0 Å². The van der Waals surface area contributed by atoms with Gasteiger partial charge in [-0.2, -0.15) is 0 Å². The number of nitrogens with zero attached hydrogens (tertiary/aromatic N) is 6. The molecule has 1 amide bonds. The highest BCUT2D eigenvalue weighted by Gasteiger charge is 2.29. The first-order valence-electron chi connectivity index (χ1n) is 12.3. The molecule has 4 aromatic heterocycles. The predicted molar refractivity (Wildman–Crippen MR) is 140 cm³/mol. The Labute approximate surface area is 212 Å². The fraction of sp³-hybridized carbons (Fsp3) is 0.440. The van der Waals surface area contributed by atoms with E-state index in [0.29, 0.717) is 45.2 Å². The van der Waals surface area contributed by atoms with Gasteiger partial charge in [0.25, 0.3) is 0 Å². The van der Waals surface area contributed by atoms with Crippen molar-refractivity contribution in [3.8, 4) is 11.4 Å². The van der Waals surface area contributed by atoms with Gasteiger partial charge in [0.2, 0.25) is 0 Å². The van der Waals surface area contributed by atoms with Gasteiger partial charge in [0.15, 0.2) is 11.6 Å². The molecule has 0 aromatic carbocycles. The van der Waals surface area contributed by atoms with Gasteiger partial charge in [-0.1, -0.05) is 0 Å². The summed E-state index contributed by atoms with van der Waals surface area (Å²) in [7, 11) is 0. The Balaban J connectivity index is 1.46. The van der Waals surface area contributed by atoms with Crippen molar-refractivity contribution < 1.29 is 14.6 Å². The summed E-state index contributed by atoms with van der Waals surface area (Å²) in [5.74, 6) is 1.64. The van der Waals surface area contributed by atoms with Crippen LogP contribution in [0.2, 0.25) is 0 Å². The molecule has 0 saturated carbocycles. The van der Waals surface area contributed by atoms with Crippen LogP contribution in [0, 0.1) is 0 Å². The largest absolute Gasteiger partial charge is 0.465 e. The smallest absolute Gasteiger partial charge is 0.407 e. The van der Waals surface area contributed by atoms with Crippen LogP contribution in [0.4, 0.5) is 10.6 Å². The summed E-state index contributed by atoms with van der Waals surface area (Å²) in [6.07, 6.45) is 2.83. The summed E-state index contributed by atoms with van der Waals surface area (Å²) in [5, 5.41) is 12.5. The third-order valence-electron chi connectivity index (χ3n) is 7.35. The second-order valence-electron chi connectivity index (χ2n) is 9.44. The fourth-order valence-corrected chi connectivity index (χ4v) is 6.32. The van der Waals surface area contributed by atoms with Gasteiger partial charge in [-0.15, -0.1) is 11.3 Å². The van der Waals surface area contributed by atoms with Gasteiger partial charge in [0.1, 0.15) is 5.65 Å². The molecule has 0 radical (unpaired) electrons. The molecular weight excluding hydrogens is 478 g/mol. The summed E-state index contributed by atoms with van der Waals surface area (Å²) in [5.41, 5.74) is 3.88. The molecule has 2 aliphatic rings. The van der Waals surface area contributed by atoms with Crippen molar-refractivity contribution in [1.82, 2.24) is 29.7 Å². The minimum absolute atomic E-state index is 0.108. The van der Waals surface area contributed by atoms with Crippen LogP contribution in [0.25, 0.3) is 32.6 Å². The minimum atomic E-state index is -0.849. The lowest BCUT2D eigenvalue weighted by Gasteiger charge is -2.37. The Morgan fingerprint density at radius 3 is 2.83 bits per heavy atom. The Morgan fingerprint density at radius 2 is 2.06 bits per heavy atom. The van der Waals surface area contributed by atoms with Crippen LogP contribution in [0.1, 0.15) is 25.5 Å². The molecule has 10 nitrogen and oxygen atoms in total. The number of pyridine rings is 1.